The molecular formula is C15H21NOSi. The average Bonchev–Trinajstić information content (AvgIpc) is 2.41. The van der Waals surface area contributed by atoms with Crippen LogP contribution in [0, 0.1) is 17.2 Å². The molecule has 0 unspecified atom stereocenters. The Labute approximate surface area is 111 Å². The first-order chi connectivity index (χ1) is 8.66. The van der Waals surface area contributed by atoms with E-state index < -0.39 is 8.07 Å². The molecule has 1 aliphatic rings. The predicted molar refractivity (Wildman–Crippen MR) is 76.5 cm³/mol. The van der Waals surface area contributed by atoms with Gasteiger partial charge >= 0.3 is 0 Å². The van der Waals surface area contributed by atoms with Gasteiger partial charge in [0.15, 0.2) is 0 Å². The molecule has 0 aromatic heterocycles. The topological polar surface area (TPSA) is 33.0 Å². The number of benzene rings is 1. The van der Waals surface area contributed by atoms with Crippen LogP contribution in [0.25, 0.3) is 0 Å². The van der Waals surface area contributed by atoms with E-state index in [1.807, 2.05) is 6.07 Å². The SMILES string of the molecule is C[Si](C)(c1ccccc1)[C@H](C#N)C1CCOCC1. The Morgan fingerprint density at radius 3 is 2.39 bits per heavy atom. The maximum absolute atomic E-state index is 9.62. The molecule has 2 rings (SSSR count). The Balaban J connectivity index is 2.23. The fourth-order valence-electron chi connectivity index (χ4n) is 2.95. The van der Waals surface area contributed by atoms with Crippen molar-refractivity contribution in [3.05, 3.63) is 30.3 Å². The number of nitriles is 1. The van der Waals surface area contributed by atoms with E-state index in [0.29, 0.717) is 5.92 Å². The molecule has 2 nitrogen and oxygen atoms in total. The van der Waals surface area contributed by atoms with Crippen molar-refractivity contribution in [1.82, 2.24) is 0 Å². The van der Waals surface area contributed by atoms with Crippen LogP contribution >= 0.6 is 0 Å². The van der Waals surface area contributed by atoms with Gasteiger partial charge in [0.1, 0.15) is 0 Å². The minimum absolute atomic E-state index is 0.198. The Morgan fingerprint density at radius 2 is 1.83 bits per heavy atom. The smallest absolute Gasteiger partial charge is 0.0993 e. The molecule has 1 aliphatic heterocycles. The summed E-state index contributed by atoms with van der Waals surface area (Å²) in [5.41, 5.74) is 0.198. The molecule has 0 aliphatic carbocycles. The maximum Gasteiger partial charge on any atom is 0.0993 e. The molecule has 3 heteroatoms. The molecule has 0 amide bonds. The maximum atomic E-state index is 9.62. The van der Waals surface area contributed by atoms with Crippen LogP contribution in [-0.2, 0) is 4.74 Å². The predicted octanol–water partition coefficient (Wildman–Crippen LogP) is 2.92. The number of hydrogen-bond donors (Lipinski definition) is 0. The Hall–Kier alpha value is -1.11. The zero-order valence-corrected chi connectivity index (χ0v) is 12.2. The molecule has 1 saturated heterocycles. The molecule has 1 fully saturated rings. The minimum Gasteiger partial charge on any atom is -0.381 e. The molecule has 1 atom stereocenters. The second-order valence-electron chi connectivity index (χ2n) is 5.64. The molecule has 18 heavy (non-hydrogen) atoms. The summed E-state index contributed by atoms with van der Waals surface area (Å²) >= 11 is 0. The third-order valence-electron chi connectivity index (χ3n) is 4.17. The highest BCUT2D eigenvalue weighted by Crippen LogP contribution is 2.35. The fraction of sp³-hybridized carbons (Fsp3) is 0.533. The van der Waals surface area contributed by atoms with E-state index in [0.717, 1.165) is 26.1 Å². The summed E-state index contributed by atoms with van der Waals surface area (Å²) in [5.74, 6) is 0.519. The van der Waals surface area contributed by atoms with E-state index in [4.69, 9.17) is 4.74 Å². The highest BCUT2D eigenvalue weighted by Gasteiger charge is 2.39. The quantitative estimate of drug-likeness (QED) is 0.782. The van der Waals surface area contributed by atoms with E-state index in [1.165, 1.54) is 5.19 Å². The first-order valence-electron chi connectivity index (χ1n) is 6.69. The van der Waals surface area contributed by atoms with Gasteiger partial charge in [-0.2, -0.15) is 5.26 Å². The van der Waals surface area contributed by atoms with E-state index in [2.05, 4.69) is 43.4 Å². The normalized spacial score (nSPS) is 19.2. The largest absolute Gasteiger partial charge is 0.381 e. The Morgan fingerprint density at radius 1 is 1.22 bits per heavy atom. The zero-order chi connectivity index (χ0) is 13.0. The Kier molecular flexibility index (Phi) is 4.21. The number of nitrogens with zero attached hydrogens (tertiary/aromatic N) is 1. The molecule has 1 aromatic carbocycles. The van der Waals surface area contributed by atoms with E-state index in [1.54, 1.807) is 0 Å². The van der Waals surface area contributed by atoms with Crippen LogP contribution in [0.5, 0.6) is 0 Å². The first-order valence-corrected chi connectivity index (χ1v) is 9.77. The number of rotatable bonds is 3. The van der Waals surface area contributed by atoms with Crippen molar-refractivity contribution >= 4 is 13.3 Å². The van der Waals surface area contributed by atoms with E-state index in [9.17, 15) is 5.26 Å². The zero-order valence-electron chi connectivity index (χ0n) is 11.2. The van der Waals surface area contributed by atoms with Gasteiger partial charge in [-0.15, -0.1) is 0 Å². The van der Waals surface area contributed by atoms with Crippen LogP contribution in [0.15, 0.2) is 30.3 Å². The summed E-state index contributed by atoms with van der Waals surface area (Å²) < 4.78 is 5.42. The van der Waals surface area contributed by atoms with Gasteiger partial charge in [0.05, 0.1) is 14.1 Å². The molecule has 96 valence electrons. The summed E-state index contributed by atoms with van der Waals surface area (Å²) in [6.07, 6.45) is 2.09. The first kappa shape index (κ1) is 13.3. The van der Waals surface area contributed by atoms with Gasteiger partial charge in [-0.1, -0.05) is 48.6 Å². The average molecular weight is 259 g/mol. The van der Waals surface area contributed by atoms with Crippen LogP contribution < -0.4 is 5.19 Å². The standard InChI is InChI=1S/C15H21NOSi/c1-18(2,14-6-4-3-5-7-14)15(12-16)13-8-10-17-11-9-13/h3-7,13,15H,8-11H2,1-2H3/t15-/m1/s1. The highest BCUT2D eigenvalue weighted by atomic mass is 28.3. The highest BCUT2D eigenvalue weighted by molar-refractivity contribution is 6.91. The molecule has 0 N–H and O–H groups in total. The molecule has 0 spiro atoms. The summed E-state index contributed by atoms with van der Waals surface area (Å²) in [7, 11) is -1.71. The van der Waals surface area contributed by atoms with Gasteiger partial charge in [0.2, 0.25) is 0 Å². The van der Waals surface area contributed by atoms with Crippen molar-refractivity contribution in [2.24, 2.45) is 5.92 Å². The van der Waals surface area contributed by atoms with Crippen molar-refractivity contribution in [1.29, 1.82) is 5.26 Å². The van der Waals surface area contributed by atoms with Crippen molar-refractivity contribution in [2.75, 3.05) is 13.2 Å². The Bertz CT molecular complexity index is 418. The molecule has 0 saturated carbocycles. The molecule has 1 heterocycles. The van der Waals surface area contributed by atoms with Crippen LogP contribution in [-0.4, -0.2) is 21.3 Å². The number of hydrogen-bond acceptors (Lipinski definition) is 2. The summed E-state index contributed by atoms with van der Waals surface area (Å²) in [6.45, 7) is 6.29. The summed E-state index contributed by atoms with van der Waals surface area (Å²) in [6, 6.07) is 13.2. The molecule has 0 bridgehead atoms. The summed E-state index contributed by atoms with van der Waals surface area (Å²) in [5, 5.41) is 11.0. The van der Waals surface area contributed by atoms with Crippen LogP contribution in [0.1, 0.15) is 12.8 Å². The lowest BCUT2D eigenvalue weighted by Gasteiger charge is -2.35. The lowest BCUT2D eigenvalue weighted by atomic mass is 9.97. The molecular weight excluding hydrogens is 238 g/mol. The van der Waals surface area contributed by atoms with Crippen molar-refractivity contribution in [3.63, 3.8) is 0 Å². The van der Waals surface area contributed by atoms with Gasteiger partial charge < -0.3 is 4.74 Å². The fourth-order valence-corrected chi connectivity index (χ4v) is 6.20. The van der Waals surface area contributed by atoms with Gasteiger partial charge in [-0.25, -0.2) is 0 Å². The van der Waals surface area contributed by atoms with Crippen molar-refractivity contribution < 1.29 is 4.74 Å². The molecule has 1 aromatic rings. The lowest BCUT2D eigenvalue weighted by molar-refractivity contribution is 0.0673. The van der Waals surface area contributed by atoms with Crippen molar-refractivity contribution in [3.8, 4) is 6.07 Å². The summed E-state index contributed by atoms with van der Waals surface area (Å²) in [4.78, 5) is 0. The second-order valence-corrected chi connectivity index (χ2v) is 10.3. The lowest BCUT2D eigenvalue weighted by Crippen LogP contribution is -2.48. The monoisotopic (exact) mass is 259 g/mol. The molecule has 0 radical (unpaired) electrons. The van der Waals surface area contributed by atoms with E-state index in [-0.39, 0.29) is 5.54 Å². The van der Waals surface area contributed by atoms with Gasteiger partial charge in [0, 0.05) is 18.8 Å². The van der Waals surface area contributed by atoms with Crippen LogP contribution in [0.3, 0.4) is 0 Å². The second kappa shape index (κ2) is 5.68. The number of ether oxygens (including phenoxy) is 1. The minimum atomic E-state index is -1.71. The van der Waals surface area contributed by atoms with Gasteiger partial charge in [-0.3, -0.25) is 0 Å². The van der Waals surface area contributed by atoms with Crippen molar-refractivity contribution in [2.45, 2.75) is 31.5 Å². The van der Waals surface area contributed by atoms with Gasteiger partial charge in [0.25, 0.3) is 0 Å². The van der Waals surface area contributed by atoms with E-state index >= 15 is 0 Å². The van der Waals surface area contributed by atoms with Crippen LogP contribution in [0.2, 0.25) is 18.6 Å². The third kappa shape index (κ3) is 2.65. The van der Waals surface area contributed by atoms with Crippen LogP contribution in [0.4, 0.5) is 0 Å². The van der Waals surface area contributed by atoms with Gasteiger partial charge in [-0.05, 0) is 18.8 Å². The third-order valence-corrected chi connectivity index (χ3v) is 8.15.